The molecule has 2 aliphatic heterocycles. The van der Waals surface area contributed by atoms with E-state index in [4.69, 9.17) is 28.4 Å². The fourth-order valence-electron chi connectivity index (χ4n) is 3.62. The number of esters is 1. The molecule has 8 nitrogen and oxygen atoms in total. The van der Waals surface area contributed by atoms with Gasteiger partial charge in [0.15, 0.2) is 12.6 Å². The minimum Gasteiger partial charge on any atom is -0.497 e. The van der Waals surface area contributed by atoms with Crippen molar-refractivity contribution >= 4 is 12.0 Å². The fraction of sp³-hybridized carbons (Fsp3) is 0.522. The molecule has 0 radical (unpaired) electrons. The van der Waals surface area contributed by atoms with Gasteiger partial charge >= 0.3 is 5.97 Å². The Morgan fingerprint density at radius 1 is 1.19 bits per heavy atom. The van der Waals surface area contributed by atoms with Crippen molar-refractivity contribution in [2.75, 3.05) is 27.6 Å². The summed E-state index contributed by atoms with van der Waals surface area (Å²) >= 11 is 0. The molecule has 1 N–H and O–H groups in total. The molecular weight excluding hydrogens is 404 g/mol. The standard InChI is InChI=1S/C23H30O8/c1-23(2)30-18-10-7-8-15-12-16(27-4)13-19(29-14-26-3)20(15)22(25)28-11-6-5-9-17(24)21(18)31-23/h5,7-9,12-13,17-18,21,24H,6,10-11,14H2,1-4H3/b8-7+,9-5-/t17?,18-,21?/m1/s1. The minimum atomic E-state index is -0.833. The molecular formula is C23H30O8. The molecule has 2 unspecified atom stereocenters. The summed E-state index contributed by atoms with van der Waals surface area (Å²) in [4.78, 5) is 12.9. The summed E-state index contributed by atoms with van der Waals surface area (Å²) in [6, 6.07) is 3.36. The molecule has 3 rings (SSSR count). The largest absolute Gasteiger partial charge is 0.497 e. The van der Waals surface area contributed by atoms with Crippen LogP contribution in [0.15, 0.2) is 30.4 Å². The summed E-state index contributed by atoms with van der Waals surface area (Å²) in [7, 11) is 3.04. The van der Waals surface area contributed by atoms with Crippen molar-refractivity contribution in [1.82, 2.24) is 0 Å². The molecule has 31 heavy (non-hydrogen) atoms. The lowest BCUT2D eigenvalue weighted by Crippen LogP contribution is -2.34. The molecule has 0 spiro atoms. The van der Waals surface area contributed by atoms with Gasteiger partial charge in [0.1, 0.15) is 29.3 Å². The molecule has 8 heteroatoms. The molecule has 0 saturated carbocycles. The number of methoxy groups -OCH3 is 2. The van der Waals surface area contributed by atoms with Gasteiger partial charge in [0.05, 0.1) is 19.8 Å². The Morgan fingerprint density at radius 3 is 2.74 bits per heavy atom. The third kappa shape index (κ3) is 5.86. The van der Waals surface area contributed by atoms with Crippen LogP contribution >= 0.6 is 0 Å². The number of rotatable bonds is 4. The van der Waals surface area contributed by atoms with Crippen LogP contribution in [-0.2, 0) is 18.9 Å². The van der Waals surface area contributed by atoms with Gasteiger partial charge in [0.2, 0.25) is 0 Å². The van der Waals surface area contributed by atoms with E-state index < -0.39 is 24.0 Å². The second kappa shape index (κ2) is 10.3. The number of hydrogen-bond donors (Lipinski definition) is 1. The number of ether oxygens (including phenoxy) is 6. The summed E-state index contributed by atoms with van der Waals surface area (Å²) in [5.41, 5.74) is 0.869. The molecule has 0 aliphatic carbocycles. The highest BCUT2D eigenvalue weighted by atomic mass is 16.8. The summed E-state index contributed by atoms with van der Waals surface area (Å²) in [5, 5.41) is 10.5. The Balaban J connectivity index is 1.98. The number of aliphatic hydroxyl groups excluding tert-OH is 1. The monoisotopic (exact) mass is 434 g/mol. The predicted octanol–water partition coefficient (Wildman–Crippen LogP) is 3.08. The van der Waals surface area contributed by atoms with Crippen LogP contribution in [0.1, 0.15) is 42.6 Å². The lowest BCUT2D eigenvalue weighted by Gasteiger charge is -2.20. The highest BCUT2D eigenvalue weighted by Crippen LogP contribution is 2.34. The molecule has 2 heterocycles. The zero-order valence-corrected chi connectivity index (χ0v) is 18.3. The average molecular weight is 434 g/mol. The van der Waals surface area contributed by atoms with Crippen LogP contribution in [-0.4, -0.2) is 62.8 Å². The summed E-state index contributed by atoms with van der Waals surface area (Å²) < 4.78 is 33.3. The van der Waals surface area contributed by atoms with Crippen molar-refractivity contribution in [2.45, 2.75) is 50.8 Å². The lowest BCUT2D eigenvalue weighted by molar-refractivity contribution is -0.152. The van der Waals surface area contributed by atoms with E-state index in [1.807, 2.05) is 19.9 Å². The molecule has 0 bridgehead atoms. The van der Waals surface area contributed by atoms with Crippen LogP contribution in [0.4, 0.5) is 0 Å². The van der Waals surface area contributed by atoms with Gasteiger partial charge in [-0.15, -0.1) is 0 Å². The van der Waals surface area contributed by atoms with E-state index in [0.29, 0.717) is 29.9 Å². The van der Waals surface area contributed by atoms with Crippen molar-refractivity contribution in [3.8, 4) is 11.5 Å². The quantitative estimate of drug-likeness (QED) is 0.439. The maximum absolute atomic E-state index is 12.9. The summed E-state index contributed by atoms with van der Waals surface area (Å²) in [6.07, 6.45) is 6.31. The van der Waals surface area contributed by atoms with Crippen molar-refractivity contribution in [3.05, 3.63) is 41.5 Å². The molecule has 1 aromatic rings. The van der Waals surface area contributed by atoms with E-state index in [1.54, 1.807) is 30.4 Å². The molecule has 2 aliphatic rings. The molecule has 170 valence electrons. The molecule has 3 atom stereocenters. The number of carbonyl (C=O) groups is 1. The molecule has 0 aromatic heterocycles. The number of benzene rings is 1. The highest BCUT2D eigenvalue weighted by Gasteiger charge is 2.43. The topological polar surface area (TPSA) is 92.7 Å². The zero-order chi connectivity index (χ0) is 22.4. The maximum atomic E-state index is 12.9. The third-order valence-corrected chi connectivity index (χ3v) is 4.95. The normalized spacial score (nSPS) is 27.9. The Kier molecular flexibility index (Phi) is 7.72. The molecule has 0 amide bonds. The molecule has 1 aromatic carbocycles. The second-order valence-electron chi connectivity index (χ2n) is 7.76. The summed E-state index contributed by atoms with van der Waals surface area (Å²) in [6.45, 7) is 3.76. The van der Waals surface area contributed by atoms with Crippen LogP contribution in [0, 0.1) is 0 Å². The Hall–Kier alpha value is -2.39. The Morgan fingerprint density at radius 2 is 2.00 bits per heavy atom. The predicted molar refractivity (Wildman–Crippen MR) is 113 cm³/mol. The zero-order valence-electron chi connectivity index (χ0n) is 18.3. The average Bonchev–Trinajstić information content (AvgIpc) is 3.05. The first-order chi connectivity index (χ1) is 14.8. The van der Waals surface area contributed by atoms with Crippen LogP contribution < -0.4 is 9.47 Å². The second-order valence-corrected chi connectivity index (χ2v) is 7.76. The van der Waals surface area contributed by atoms with E-state index in [-0.39, 0.29) is 25.1 Å². The number of fused-ring (bicyclic) bond motifs is 2. The van der Waals surface area contributed by atoms with Gasteiger partial charge in [-0.25, -0.2) is 4.79 Å². The van der Waals surface area contributed by atoms with Crippen molar-refractivity contribution < 1.29 is 38.3 Å². The lowest BCUT2D eigenvalue weighted by atomic mass is 10.0. The molecule has 1 fully saturated rings. The number of hydrogen-bond acceptors (Lipinski definition) is 8. The molecule has 1 saturated heterocycles. The van der Waals surface area contributed by atoms with Crippen LogP contribution in [0.25, 0.3) is 6.08 Å². The maximum Gasteiger partial charge on any atom is 0.342 e. The van der Waals surface area contributed by atoms with Crippen LogP contribution in [0.3, 0.4) is 0 Å². The first-order valence-corrected chi connectivity index (χ1v) is 10.2. The van der Waals surface area contributed by atoms with E-state index in [2.05, 4.69) is 0 Å². The van der Waals surface area contributed by atoms with Crippen molar-refractivity contribution in [1.29, 1.82) is 0 Å². The van der Waals surface area contributed by atoms with Gasteiger partial charge in [0.25, 0.3) is 0 Å². The van der Waals surface area contributed by atoms with Crippen molar-refractivity contribution in [2.24, 2.45) is 0 Å². The van der Waals surface area contributed by atoms with Crippen LogP contribution in [0.5, 0.6) is 11.5 Å². The van der Waals surface area contributed by atoms with Gasteiger partial charge in [-0.05, 0) is 38.3 Å². The van der Waals surface area contributed by atoms with E-state index in [0.717, 1.165) is 0 Å². The van der Waals surface area contributed by atoms with Gasteiger partial charge in [-0.3, -0.25) is 0 Å². The minimum absolute atomic E-state index is 0.0265. The SMILES string of the molecule is COCOc1cc(OC)cc2c1C(=O)OCC/C=C\C(O)C1OC(C)(C)O[C@@H]1C/C=C/2. The Bertz CT molecular complexity index is 829. The third-order valence-electron chi connectivity index (χ3n) is 4.95. The number of carbonyl (C=O) groups excluding carboxylic acids is 1. The number of cyclic esters (lactones) is 1. The van der Waals surface area contributed by atoms with Gasteiger partial charge in [-0.1, -0.05) is 24.3 Å². The first kappa shape index (κ1) is 23.3. The van der Waals surface area contributed by atoms with E-state index >= 15 is 0 Å². The Labute approximate surface area is 182 Å². The van der Waals surface area contributed by atoms with Crippen molar-refractivity contribution in [3.63, 3.8) is 0 Å². The number of aliphatic hydroxyl groups is 1. The van der Waals surface area contributed by atoms with Gasteiger partial charge in [0, 0.05) is 13.2 Å². The van der Waals surface area contributed by atoms with Gasteiger partial charge in [-0.2, -0.15) is 0 Å². The smallest absolute Gasteiger partial charge is 0.342 e. The first-order valence-electron chi connectivity index (χ1n) is 10.2. The van der Waals surface area contributed by atoms with Gasteiger partial charge < -0.3 is 33.5 Å². The van der Waals surface area contributed by atoms with E-state index in [9.17, 15) is 9.90 Å². The summed E-state index contributed by atoms with van der Waals surface area (Å²) in [5.74, 6) is -0.476. The van der Waals surface area contributed by atoms with E-state index in [1.165, 1.54) is 14.2 Å². The highest BCUT2D eigenvalue weighted by molar-refractivity contribution is 5.97. The van der Waals surface area contributed by atoms with Crippen LogP contribution in [0.2, 0.25) is 0 Å². The fourth-order valence-corrected chi connectivity index (χ4v) is 3.62.